The molecule has 1 saturated heterocycles. The molecule has 0 amide bonds. The van der Waals surface area contributed by atoms with Crippen LogP contribution in [-0.2, 0) is 9.71 Å². The van der Waals surface area contributed by atoms with E-state index >= 15 is 0 Å². The summed E-state index contributed by atoms with van der Waals surface area (Å²) in [7, 11) is -2.07. The fourth-order valence-corrected chi connectivity index (χ4v) is 7.00. The number of nitrogens with zero attached hydrogens (tertiary/aromatic N) is 2. The molecule has 2 N–H and O–H groups in total. The summed E-state index contributed by atoms with van der Waals surface area (Å²) in [4.78, 5) is 4.54. The van der Waals surface area contributed by atoms with Gasteiger partial charge in [-0.2, -0.15) is 0 Å². The zero-order chi connectivity index (χ0) is 21.1. The lowest BCUT2D eigenvalue weighted by Gasteiger charge is -2.46. The quantitative estimate of drug-likeness (QED) is 0.714. The van der Waals surface area contributed by atoms with Crippen LogP contribution in [0, 0.1) is 19.3 Å². The van der Waals surface area contributed by atoms with E-state index in [-0.39, 0.29) is 5.41 Å². The van der Waals surface area contributed by atoms with Crippen molar-refractivity contribution in [2.45, 2.75) is 44.9 Å². The number of pyridine rings is 1. The maximum atomic E-state index is 12.9. The van der Waals surface area contributed by atoms with Crippen molar-refractivity contribution in [3.8, 4) is 0 Å². The number of aromatic nitrogens is 1. The normalized spacial score (nSPS) is 29.1. The second-order valence-electron chi connectivity index (χ2n) is 9.50. The Morgan fingerprint density at radius 3 is 2.60 bits per heavy atom. The van der Waals surface area contributed by atoms with Crippen molar-refractivity contribution in [3.05, 3.63) is 58.6 Å². The molecule has 30 heavy (non-hydrogen) atoms. The van der Waals surface area contributed by atoms with Gasteiger partial charge in [-0.1, -0.05) is 12.2 Å². The van der Waals surface area contributed by atoms with Gasteiger partial charge in [-0.3, -0.25) is 9.19 Å². The lowest BCUT2D eigenvalue weighted by atomic mass is 9.72. The highest BCUT2D eigenvalue weighted by atomic mass is 32.2. The second-order valence-corrected chi connectivity index (χ2v) is 12.1. The molecular weight excluding hydrogens is 392 g/mol. The third-order valence-electron chi connectivity index (χ3n) is 6.89. The summed E-state index contributed by atoms with van der Waals surface area (Å²) in [5.74, 6) is 4.06. The van der Waals surface area contributed by atoms with Crippen LogP contribution in [0.3, 0.4) is 0 Å². The van der Waals surface area contributed by atoms with Crippen LogP contribution in [0.5, 0.6) is 0 Å². The molecule has 2 aliphatic carbocycles. The Balaban J connectivity index is 1.42. The number of rotatable bonds is 5. The van der Waals surface area contributed by atoms with Crippen LogP contribution in [0.2, 0.25) is 0 Å². The van der Waals surface area contributed by atoms with Crippen LogP contribution >= 0.6 is 0 Å². The standard InChI is InChI=1S/C24H32N4OS/c1-16-9-18(10-17(2)26-16)19-11-20-7-8-25-15-24(20,3)23(12-19)27-21-13-28(14-21)30(4,29)22-5-6-22/h7,9-12,21-22,25,27H,4-6,8,13-15H2,1-3H3/t24-,30?/m0/s1. The summed E-state index contributed by atoms with van der Waals surface area (Å²) in [5.41, 5.74) is 7.07. The highest BCUT2D eigenvalue weighted by Crippen LogP contribution is 2.43. The molecule has 0 aromatic carbocycles. The van der Waals surface area contributed by atoms with Crippen molar-refractivity contribution in [1.82, 2.24) is 19.9 Å². The molecule has 4 aliphatic rings. The van der Waals surface area contributed by atoms with Crippen molar-refractivity contribution < 1.29 is 4.21 Å². The lowest BCUT2D eigenvalue weighted by molar-refractivity contribution is 0.235. The second kappa shape index (κ2) is 7.08. The molecule has 1 aromatic heterocycles. The number of hydrogen-bond acceptors (Lipinski definition) is 4. The Kier molecular flexibility index (Phi) is 4.73. The average molecular weight is 425 g/mol. The van der Waals surface area contributed by atoms with Gasteiger partial charge in [0.15, 0.2) is 0 Å². The zero-order valence-electron chi connectivity index (χ0n) is 18.2. The van der Waals surface area contributed by atoms with Crippen molar-refractivity contribution in [1.29, 1.82) is 0 Å². The molecule has 0 spiro atoms. The molecule has 2 aliphatic heterocycles. The molecular formula is C24H32N4OS. The third kappa shape index (κ3) is 3.45. The summed E-state index contributed by atoms with van der Waals surface area (Å²) in [5, 5.41) is 7.66. The van der Waals surface area contributed by atoms with Crippen molar-refractivity contribution in [2.75, 3.05) is 26.2 Å². The number of aryl methyl sites for hydroxylation is 2. The molecule has 5 rings (SSSR count). The number of fused-ring (bicyclic) bond motifs is 1. The molecule has 160 valence electrons. The number of allylic oxidation sites excluding steroid dienone is 3. The summed E-state index contributed by atoms with van der Waals surface area (Å²) < 4.78 is 15.0. The van der Waals surface area contributed by atoms with Gasteiger partial charge >= 0.3 is 0 Å². The van der Waals surface area contributed by atoms with Gasteiger partial charge in [-0.05, 0) is 74.4 Å². The minimum Gasteiger partial charge on any atom is -0.382 e. The Morgan fingerprint density at radius 2 is 1.93 bits per heavy atom. The van der Waals surface area contributed by atoms with Gasteiger partial charge in [0.1, 0.15) is 0 Å². The molecule has 0 bridgehead atoms. The minimum atomic E-state index is -2.07. The number of nitrogens with one attached hydrogen (secondary N) is 2. The van der Waals surface area contributed by atoms with Gasteiger partial charge in [0.2, 0.25) is 0 Å². The number of hydrogen-bond donors (Lipinski definition) is 2. The van der Waals surface area contributed by atoms with E-state index in [1.165, 1.54) is 22.4 Å². The maximum absolute atomic E-state index is 12.9. The van der Waals surface area contributed by atoms with Crippen molar-refractivity contribution in [2.24, 2.45) is 5.41 Å². The van der Waals surface area contributed by atoms with E-state index < -0.39 is 9.71 Å². The molecule has 1 saturated carbocycles. The largest absolute Gasteiger partial charge is 0.382 e. The maximum Gasteiger partial charge on any atom is 0.0532 e. The summed E-state index contributed by atoms with van der Waals surface area (Å²) in [6.07, 6.45) is 9.09. The van der Waals surface area contributed by atoms with Crippen LogP contribution < -0.4 is 10.6 Å². The van der Waals surface area contributed by atoms with E-state index in [4.69, 9.17) is 0 Å². The lowest BCUT2D eigenvalue weighted by Crippen LogP contribution is -2.61. The first-order valence-electron chi connectivity index (χ1n) is 10.9. The molecule has 0 radical (unpaired) electrons. The van der Waals surface area contributed by atoms with E-state index in [1.807, 2.05) is 0 Å². The molecule has 6 heteroatoms. The monoisotopic (exact) mass is 424 g/mol. The van der Waals surface area contributed by atoms with Gasteiger partial charge < -0.3 is 10.6 Å². The molecule has 5 nitrogen and oxygen atoms in total. The summed E-state index contributed by atoms with van der Waals surface area (Å²) in [6, 6.07) is 4.64. The first kappa shape index (κ1) is 20.0. The van der Waals surface area contributed by atoms with Gasteiger partial charge in [0, 0.05) is 63.6 Å². The SMILES string of the molecule is C=S(=O)(C1CC1)N1CC(NC2=CC(c3cc(C)nc(C)c3)=CC3=CCNC[C@@]32C)C1. The first-order chi connectivity index (χ1) is 14.3. The van der Waals surface area contributed by atoms with Gasteiger partial charge in [-0.15, -0.1) is 0 Å². The van der Waals surface area contributed by atoms with Gasteiger partial charge in [0.25, 0.3) is 0 Å². The topological polar surface area (TPSA) is 57.3 Å². The summed E-state index contributed by atoms with van der Waals surface area (Å²) in [6.45, 7) is 9.85. The van der Waals surface area contributed by atoms with Crippen LogP contribution in [0.4, 0.5) is 0 Å². The Labute approximate surface area is 180 Å². The van der Waals surface area contributed by atoms with Crippen LogP contribution in [-0.4, -0.2) is 56.8 Å². The van der Waals surface area contributed by atoms with Crippen LogP contribution in [0.15, 0.2) is 41.6 Å². The van der Waals surface area contributed by atoms with Crippen molar-refractivity contribution >= 4 is 21.2 Å². The Bertz CT molecular complexity index is 1050. The van der Waals surface area contributed by atoms with Crippen LogP contribution in [0.1, 0.15) is 36.7 Å². The predicted molar refractivity (Wildman–Crippen MR) is 126 cm³/mol. The average Bonchev–Trinajstić information content (AvgIpc) is 3.48. The van der Waals surface area contributed by atoms with Crippen LogP contribution in [0.25, 0.3) is 5.57 Å². The molecule has 1 aromatic rings. The van der Waals surface area contributed by atoms with E-state index in [9.17, 15) is 4.21 Å². The first-order valence-corrected chi connectivity index (χ1v) is 12.7. The predicted octanol–water partition coefficient (Wildman–Crippen LogP) is 2.58. The summed E-state index contributed by atoms with van der Waals surface area (Å²) >= 11 is 0. The molecule has 3 heterocycles. The molecule has 2 atom stereocenters. The van der Waals surface area contributed by atoms with E-state index in [0.29, 0.717) is 11.3 Å². The smallest absolute Gasteiger partial charge is 0.0532 e. The van der Waals surface area contributed by atoms with Gasteiger partial charge in [0.05, 0.1) is 6.04 Å². The highest BCUT2D eigenvalue weighted by Gasteiger charge is 2.43. The fourth-order valence-electron chi connectivity index (χ4n) is 4.84. The Morgan fingerprint density at radius 1 is 1.23 bits per heavy atom. The molecule has 1 unspecified atom stereocenters. The minimum absolute atomic E-state index is 0.0678. The van der Waals surface area contributed by atoms with E-state index in [2.05, 4.69) is 76.9 Å². The van der Waals surface area contributed by atoms with Gasteiger partial charge in [-0.25, -0.2) is 4.31 Å². The Hall–Kier alpha value is -1.89. The molecule has 2 fully saturated rings. The van der Waals surface area contributed by atoms with Crippen molar-refractivity contribution in [3.63, 3.8) is 0 Å². The highest BCUT2D eigenvalue weighted by molar-refractivity contribution is 7.99. The zero-order valence-corrected chi connectivity index (χ0v) is 19.0. The fraction of sp³-hybridized carbons (Fsp3) is 0.500. The third-order valence-corrected chi connectivity index (χ3v) is 9.58. The van der Waals surface area contributed by atoms with E-state index in [0.717, 1.165) is 50.4 Å². The van der Waals surface area contributed by atoms with E-state index in [1.54, 1.807) is 0 Å².